The molecule has 0 aliphatic carbocycles. The lowest BCUT2D eigenvalue weighted by Gasteiger charge is -1.90. The minimum absolute atomic E-state index is 0.209. The van der Waals surface area contributed by atoms with Crippen LogP contribution < -0.4 is 4.80 Å². The van der Waals surface area contributed by atoms with Crippen LogP contribution in [0.25, 0.3) is 5.65 Å². The second-order valence-corrected chi connectivity index (χ2v) is 5.27. The Hall–Kier alpha value is -1.73. The molecule has 0 aromatic carbocycles. The van der Waals surface area contributed by atoms with Crippen molar-refractivity contribution >= 4 is 39.0 Å². The van der Waals surface area contributed by atoms with Crippen molar-refractivity contribution in [1.82, 2.24) is 8.77 Å². The molecule has 0 bridgehead atoms. The first-order valence-corrected chi connectivity index (χ1v) is 6.57. The maximum absolute atomic E-state index is 11.7. The number of hydrogen-bond acceptors (Lipinski definition) is 4. The molecule has 18 heavy (non-hydrogen) atoms. The number of nitrogens with zero attached hydrogens (tertiary/aromatic N) is 3. The largest absolute Gasteiger partial charge is 0.459 e. The second-order valence-electron chi connectivity index (χ2n) is 3.41. The zero-order valence-electron chi connectivity index (χ0n) is 8.91. The molecule has 0 aliphatic heterocycles. The molecule has 5 nitrogen and oxygen atoms in total. The first-order valence-electron chi connectivity index (χ1n) is 5.00. The van der Waals surface area contributed by atoms with Crippen LogP contribution in [-0.4, -0.2) is 14.7 Å². The fourth-order valence-electron chi connectivity index (χ4n) is 1.40. The Labute approximate surface area is 114 Å². The Bertz CT molecular complexity index is 773. The van der Waals surface area contributed by atoms with E-state index in [4.69, 9.17) is 4.42 Å². The van der Waals surface area contributed by atoms with Crippen molar-refractivity contribution in [2.24, 2.45) is 4.99 Å². The SMILES string of the molecule is O=C(N=c1nc2ccc(Br)cn2s1)c1ccco1. The third-order valence-corrected chi connectivity index (χ3v) is 3.48. The molecule has 0 fully saturated rings. The van der Waals surface area contributed by atoms with Crippen LogP contribution in [0.4, 0.5) is 0 Å². The van der Waals surface area contributed by atoms with Crippen molar-refractivity contribution in [1.29, 1.82) is 0 Å². The van der Waals surface area contributed by atoms with Crippen LogP contribution in [-0.2, 0) is 0 Å². The van der Waals surface area contributed by atoms with E-state index in [0.29, 0.717) is 4.80 Å². The smallest absolute Gasteiger partial charge is 0.315 e. The number of halogens is 1. The van der Waals surface area contributed by atoms with Gasteiger partial charge < -0.3 is 4.42 Å². The summed E-state index contributed by atoms with van der Waals surface area (Å²) in [6.07, 6.45) is 3.30. The molecule has 3 aromatic heterocycles. The van der Waals surface area contributed by atoms with Gasteiger partial charge in [0, 0.05) is 10.7 Å². The number of aromatic nitrogens is 2. The van der Waals surface area contributed by atoms with Gasteiger partial charge in [-0.15, -0.1) is 0 Å². The average Bonchev–Trinajstić information content (AvgIpc) is 2.95. The summed E-state index contributed by atoms with van der Waals surface area (Å²) < 4.78 is 7.75. The van der Waals surface area contributed by atoms with Gasteiger partial charge in [-0.05, 0) is 51.7 Å². The van der Waals surface area contributed by atoms with Gasteiger partial charge in [-0.3, -0.25) is 8.58 Å². The molecular weight excluding hydrogens is 318 g/mol. The van der Waals surface area contributed by atoms with Gasteiger partial charge in [-0.25, -0.2) is 0 Å². The molecule has 3 rings (SSSR count). The summed E-state index contributed by atoms with van der Waals surface area (Å²) in [5, 5.41) is 0. The predicted molar refractivity (Wildman–Crippen MR) is 69.4 cm³/mol. The third kappa shape index (κ3) is 2.14. The lowest BCUT2D eigenvalue weighted by Crippen LogP contribution is -2.03. The quantitative estimate of drug-likeness (QED) is 0.691. The first-order chi connectivity index (χ1) is 8.72. The minimum atomic E-state index is -0.432. The molecule has 3 heterocycles. The van der Waals surface area contributed by atoms with E-state index in [9.17, 15) is 4.79 Å². The minimum Gasteiger partial charge on any atom is -0.459 e. The number of hydrogen-bond donors (Lipinski definition) is 0. The van der Waals surface area contributed by atoms with E-state index in [1.54, 1.807) is 12.1 Å². The van der Waals surface area contributed by atoms with Crippen molar-refractivity contribution in [2.45, 2.75) is 0 Å². The van der Waals surface area contributed by atoms with E-state index >= 15 is 0 Å². The Morgan fingerprint density at radius 1 is 1.44 bits per heavy atom. The number of carbonyl (C=O) groups is 1. The van der Waals surface area contributed by atoms with E-state index in [2.05, 4.69) is 25.9 Å². The summed E-state index contributed by atoms with van der Waals surface area (Å²) in [4.78, 5) is 20.2. The van der Waals surface area contributed by atoms with E-state index < -0.39 is 5.91 Å². The molecule has 7 heteroatoms. The summed E-state index contributed by atoms with van der Waals surface area (Å²) in [7, 11) is 0. The summed E-state index contributed by atoms with van der Waals surface area (Å²) >= 11 is 4.65. The van der Waals surface area contributed by atoms with Crippen molar-refractivity contribution in [2.75, 3.05) is 0 Å². The molecule has 0 radical (unpaired) electrons. The van der Waals surface area contributed by atoms with Gasteiger partial charge >= 0.3 is 5.91 Å². The molecule has 0 aliphatic rings. The van der Waals surface area contributed by atoms with Crippen LogP contribution in [0.5, 0.6) is 0 Å². The number of amides is 1. The molecular formula is C11H6BrN3O2S. The van der Waals surface area contributed by atoms with Gasteiger partial charge in [-0.1, -0.05) is 0 Å². The number of furan rings is 1. The summed E-state index contributed by atoms with van der Waals surface area (Å²) in [5.41, 5.74) is 0.745. The van der Waals surface area contributed by atoms with Gasteiger partial charge in [0.1, 0.15) is 5.65 Å². The third-order valence-electron chi connectivity index (χ3n) is 2.18. The highest BCUT2D eigenvalue weighted by Crippen LogP contribution is 2.11. The van der Waals surface area contributed by atoms with Crippen LogP contribution in [0.15, 0.2) is 50.6 Å². The van der Waals surface area contributed by atoms with Crippen LogP contribution in [0.2, 0.25) is 0 Å². The Kier molecular flexibility index (Phi) is 2.85. The molecule has 1 amide bonds. The summed E-state index contributed by atoms with van der Waals surface area (Å²) in [5.74, 6) is -0.223. The van der Waals surface area contributed by atoms with Crippen molar-refractivity contribution in [3.05, 3.63) is 51.8 Å². The number of pyridine rings is 1. The fraction of sp³-hybridized carbons (Fsp3) is 0. The maximum atomic E-state index is 11.7. The highest BCUT2D eigenvalue weighted by Gasteiger charge is 2.07. The van der Waals surface area contributed by atoms with E-state index in [0.717, 1.165) is 10.1 Å². The van der Waals surface area contributed by atoms with Crippen LogP contribution in [0.1, 0.15) is 10.6 Å². The summed E-state index contributed by atoms with van der Waals surface area (Å²) in [6, 6.07) is 6.94. The van der Waals surface area contributed by atoms with Crippen LogP contribution >= 0.6 is 27.5 Å². The molecule has 0 unspecified atom stereocenters. The normalized spacial score (nSPS) is 12.2. The maximum Gasteiger partial charge on any atom is 0.315 e. The molecule has 0 saturated carbocycles. The lowest BCUT2D eigenvalue weighted by molar-refractivity contribution is 0.0972. The van der Waals surface area contributed by atoms with Crippen molar-refractivity contribution in [3.8, 4) is 0 Å². The monoisotopic (exact) mass is 323 g/mol. The molecule has 90 valence electrons. The lowest BCUT2D eigenvalue weighted by atomic mass is 10.4. The van der Waals surface area contributed by atoms with E-state index in [1.807, 2.05) is 22.1 Å². The second kappa shape index (κ2) is 4.51. The zero-order chi connectivity index (χ0) is 12.5. The molecule has 0 N–H and O–H groups in total. The topological polar surface area (TPSA) is 59.9 Å². The Morgan fingerprint density at radius 3 is 3.11 bits per heavy atom. The number of carbonyl (C=O) groups excluding carboxylic acids is 1. The zero-order valence-corrected chi connectivity index (χ0v) is 11.3. The van der Waals surface area contributed by atoms with E-state index in [1.165, 1.54) is 17.8 Å². The molecule has 0 spiro atoms. The van der Waals surface area contributed by atoms with Gasteiger partial charge in [0.05, 0.1) is 6.26 Å². The fourth-order valence-corrected chi connectivity index (χ4v) is 2.67. The standard InChI is InChI=1S/C11H6BrN3O2S/c12-7-3-4-9-13-11(18-15(9)6-7)14-10(16)8-2-1-5-17-8/h1-6H. The van der Waals surface area contributed by atoms with E-state index in [-0.39, 0.29) is 5.76 Å². The molecule has 3 aromatic rings. The van der Waals surface area contributed by atoms with Gasteiger partial charge in [0.2, 0.25) is 4.80 Å². The van der Waals surface area contributed by atoms with Crippen molar-refractivity contribution in [3.63, 3.8) is 0 Å². The first kappa shape index (κ1) is 11.4. The predicted octanol–water partition coefficient (Wildman–Crippen LogP) is 2.49. The Morgan fingerprint density at radius 2 is 2.33 bits per heavy atom. The van der Waals surface area contributed by atoms with Gasteiger partial charge in [0.15, 0.2) is 5.76 Å². The number of fused-ring (bicyclic) bond motifs is 1. The van der Waals surface area contributed by atoms with Gasteiger partial charge in [0.25, 0.3) is 0 Å². The average molecular weight is 324 g/mol. The van der Waals surface area contributed by atoms with Gasteiger partial charge in [-0.2, -0.15) is 9.98 Å². The summed E-state index contributed by atoms with van der Waals surface area (Å²) in [6.45, 7) is 0. The van der Waals surface area contributed by atoms with Crippen LogP contribution in [0.3, 0.4) is 0 Å². The van der Waals surface area contributed by atoms with Crippen LogP contribution in [0, 0.1) is 0 Å². The molecule has 0 saturated heterocycles. The number of rotatable bonds is 1. The highest BCUT2D eigenvalue weighted by atomic mass is 79.9. The van der Waals surface area contributed by atoms with Crippen molar-refractivity contribution < 1.29 is 9.21 Å². The highest BCUT2D eigenvalue weighted by molar-refractivity contribution is 9.10. The Balaban J connectivity index is 2.06. The molecule has 0 atom stereocenters.